The van der Waals surface area contributed by atoms with Gasteiger partial charge in [-0.3, -0.25) is 4.79 Å². The zero-order valence-corrected chi connectivity index (χ0v) is 12.3. The number of benzene rings is 2. The van der Waals surface area contributed by atoms with Crippen molar-refractivity contribution in [3.05, 3.63) is 71.8 Å². The molecular weight excluding hydrogens is 294 g/mol. The molecule has 0 aliphatic heterocycles. The van der Waals surface area contributed by atoms with Crippen LogP contribution in [0.15, 0.2) is 60.7 Å². The second-order valence-corrected chi connectivity index (χ2v) is 5.01. The lowest BCUT2D eigenvalue weighted by atomic mass is 10.1. The number of carboxylic acids is 1. The van der Waals surface area contributed by atoms with Crippen molar-refractivity contribution in [1.29, 1.82) is 0 Å². The topological polar surface area (TPSA) is 86.6 Å². The molecule has 0 radical (unpaired) electrons. The fraction of sp³-hybridized carbons (Fsp3) is 0.111. The van der Waals surface area contributed by atoms with Gasteiger partial charge in [-0.05, 0) is 29.3 Å². The van der Waals surface area contributed by atoms with E-state index in [-0.39, 0.29) is 12.2 Å². The summed E-state index contributed by atoms with van der Waals surface area (Å²) in [6.07, 6.45) is 3.07. The van der Waals surface area contributed by atoms with Crippen molar-refractivity contribution < 1.29 is 19.8 Å². The summed E-state index contributed by atoms with van der Waals surface area (Å²) < 4.78 is 0. The van der Waals surface area contributed by atoms with Gasteiger partial charge in [0, 0.05) is 12.5 Å². The first-order chi connectivity index (χ1) is 11.0. The first-order valence-electron chi connectivity index (χ1n) is 7.09. The van der Waals surface area contributed by atoms with Gasteiger partial charge in [0.15, 0.2) is 0 Å². The highest BCUT2D eigenvalue weighted by Crippen LogP contribution is 2.11. The van der Waals surface area contributed by atoms with Crippen LogP contribution < -0.4 is 5.32 Å². The molecule has 0 fully saturated rings. The lowest BCUT2D eigenvalue weighted by molar-refractivity contribution is -0.141. The van der Waals surface area contributed by atoms with Crippen molar-refractivity contribution in [2.45, 2.75) is 12.5 Å². The quantitative estimate of drug-likeness (QED) is 0.714. The lowest BCUT2D eigenvalue weighted by Gasteiger charge is -2.13. The number of phenols is 1. The van der Waals surface area contributed by atoms with Crippen molar-refractivity contribution in [3.63, 3.8) is 0 Å². The Morgan fingerprint density at radius 3 is 2.30 bits per heavy atom. The highest BCUT2D eigenvalue weighted by atomic mass is 16.4. The predicted molar refractivity (Wildman–Crippen MR) is 86.9 cm³/mol. The monoisotopic (exact) mass is 311 g/mol. The Hall–Kier alpha value is -3.08. The summed E-state index contributed by atoms with van der Waals surface area (Å²) in [5.41, 5.74) is 1.57. The molecule has 0 aliphatic carbocycles. The molecule has 118 valence electrons. The number of amides is 1. The van der Waals surface area contributed by atoms with Crippen molar-refractivity contribution in [2.75, 3.05) is 0 Å². The van der Waals surface area contributed by atoms with Gasteiger partial charge in [-0.2, -0.15) is 0 Å². The zero-order chi connectivity index (χ0) is 16.7. The molecule has 2 aromatic rings. The maximum atomic E-state index is 11.9. The van der Waals surface area contributed by atoms with Crippen LogP contribution in [0.4, 0.5) is 0 Å². The minimum Gasteiger partial charge on any atom is -0.508 e. The first-order valence-corrected chi connectivity index (χ1v) is 7.09. The van der Waals surface area contributed by atoms with Gasteiger partial charge in [-0.1, -0.05) is 42.5 Å². The molecule has 2 aromatic carbocycles. The largest absolute Gasteiger partial charge is 0.508 e. The Balaban J connectivity index is 1.98. The molecule has 0 saturated carbocycles. The molecular formula is C18H17NO4. The number of nitrogens with one attached hydrogen (secondary N) is 1. The molecule has 0 spiro atoms. The van der Waals surface area contributed by atoms with Crippen LogP contribution in [0.3, 0.4) is 0 Å². The van der Waals surface area contributed by atoms with Gasteiger partial charge in [0.05, 0.1) is 0 Å². The van der Waals surface area contributed by atoms with E-state index in [0.29, 0.717) is 5.56 Å². The number of phenolic OH excluding ortho intramolecular Hbond substituents is 1. The summed E-state index contributed by atoms with van der Waals surface area (Å²) in [6, 6.07) is 14.4. The van der Waals surface area contributed by atoms with Crippen LogP contribution in [0.1, 0.15) is 11.1 Å². The van der Waals surface area contributed by atoms with Crippen LogP contribution in [-0.2, 0) is 16.0 Å². The van der Waals surface area contributed by atoms with Crippen LogP contribution in [0, 0.1) is 0 Å². The van der Waals surface area contributed by atoms with Crippen LogP contribution in [0.5, 0.6) is 5.75 Å². The van der Waals surface area contributed by atoms with Gasteiger partial charge in [0.2, 0.25) is 5.91 Å². The number of carbonyl (C=O) groups is 2. The molecule has 0 aliphatic rings. The highest BCUT2D eigenvalue weighted by molar-refractivity contribution is 5.94. The van der Waals surface area contributed by atoms with E-state index >= 15 is 0 Å². The molecule has 1 amide bonds. The van der Waals surface area contributed by atoms with Gasteiger partial charge >= 0.3 is 5.97 Å². The third-order valence-corrected chi connectivity index (χ3v) is 3.22. The maximum Gasteiger partial charge on any atom is 0.326 e. The van der Waals surface area contributed by atoms with E-state index in [2.05, 4.69) is 5.32 Å². The molecule has 0 aromatic heterocycles. The average molecular weight is 311 g/mol. The normalized spacial score (nSPS) is 12.0. The Bertz CT molecular complexity index is 693. The summed E-state index contributed by atoms with van der Waals surface area (Å²) in [4.78, 5) is 23.2. The molecule has 1 atom stereocenters. The minimum atomic E-state index is -1.11. The lowest BCUT2D eigenvalue weighted by Crippen LogP contribution is -2.41. The molecule has 0 heterocycles. The highest BCUT2D eigenvalue weighted by Gasteiger charge is 2.19. The van der Waals surface area contributed by atoms with Gasteiger partial charge < -0.3 is 15.5 Å². The number of aromatic hydroxyl groups is 1. The van der Waals surface area contributed by atoms with Crippen LogP contribution in [0.25, 0.3) is 6.08 Å². The Morgan fingerprint density at radius 1 is 1.04 bits per heavy atom. The van der Waals surface area contributed by atoms with Crippen molar-refractivity contribution in [3.8, 4) is 5.75 Å². The fourth-order valence-electron chi connectivity index (χ4n) is 2.02. The third kappa shape index (κ3) is 5.32. The van der Waals surface area contributed by atoms with Crippen LogP contribution in [-0.4, -0.2) is 28.1 Å². The molecule has 5 nitrogen and oxygen atoms in total. The van der Waals surface area contributed by atoms with E-state index in [1.807, 2.05) is 30.3 Å². The number of carboxylic acid groups (broad SMARTS) is 1. The van der Waals surface area contributed by atoms with E-state index in [1.54, 1.807) is 18.2 Å². The zero-order valence-electron chi connectivity index (χ0n) is 12.3. The van der Waals surface area contributed by atoms with Crippen LogP contribution in [0.2, 0.25) is 0 Å². The molecule has 23 heavy (non-hydrogen) atoms. The van der Waals surface area contributed by atoms with E-state index in [1.165, 1.54) is 18.2 Å². The summed E-state index contributed by atoms with van der Waals surface area (Å²) in [7, 11) is 0. The third-order valence-electron chi connectivity index (χ3n) is 3.22. The van der Waals surface area contributed by atoms with Crippen molar-refractivity contribution >= 4 is 18.0 Å². The Kier molecular flexibility index (Phi) is 5.52. The van der Waals surface area contributed by atoms with Gasteiger partial charge in [0.1, 0.15) is 11.8 Å². The number of hydrogen-bond donors (Lipinski definition) is 3. The first kappa shape index (κ1) is 16.3. The van der Waals surface area contributed by atoms with Crippen LogP contribution >= 0.6 is 0 Å². The van der Waals surface area contributed by atoms with E-state index < -0.39 is 17.9 Å². The van der Waals surface area contributed by atoms with E-state index in [9.17, 15) is 19.8 Å². The van der Waals surface area contributed by atoms with Gasteiger partial charge in [-0.25, -0.2) is 4.79 Å². The smallest absolute Gasteiger partial charge is 0.326 e. The summed E-state index contributed by atoms with van der Waals surface area (Å²) in [5.74, 6) is -1.48. The molecule has 2 rings (SSSR count). The van der Waals surface area contributed by atoms with E-state index in [0.717, 1.165) is 5.56 Å². The Labute approximate surface area is 133 Å². The SMILES string of the molecule is O=C(/C=C/c1ccccc1)NC(Cc1ccc(O)cc1)C(=O)O. The second-order valence-electron chi connectivity index (χ2n) is 5.01. The van der Waals surface area contributed by atoms with Gasteiger partial charge in [0.25, 0.3) is 0 Å². The molecule has 3 N–H and O–H groups in total. The summed E-state index contributed by atoms with van der Waals surface area (Å²) in [5, 5.41) is 20.9. The van der Waals surface area contributed by atoms with Crippen molar-refractivity contribution in [1.82, 2.24) is 5.32 Å². The molecule has 1 unspecified atom stereocenters. The number of carbonyl (C=O) groups excluding carboxylic acids is 1. The fourth-order valence-corrected chi connectivity index (χ4v) is 2.02. The average Bonchev–Trinajstić information content (AvgIpc) is 2.55. The number of rotatable bonds is 6. The summed E-state index contributed by atoms with van der Waals surface area (Å²) in [6.45, 7) is 0. The maximum absolute atomic E-state index is 11.9. The number of aliphatic carboxylic acids is 1. The second kappa shape index (κ2) is 7.79. The van der Waals surface area contributed by atoms with Crippen molar-refractivity contribution in [2.24, 2.45) is 0 Å². The Morgan fingerprint density at radius 2 is 1.70 bits per heavy atom. The number of hydrogen-bond acceptors (Lipinski definition) is 3. The predicted octanol–water partition coefficient (Wildman–Crippen LogP) is 2.22. The summed E-state index contributed by atoms with van der Waals surface area (Å²) >= 11 is 0. The van der Waals surface area contributed by atoms with Gasteiger partial charge in [-0.15, -0.1) is 0 Å². The molecule has 0 bridgehead atoms. The minimum absolute atomic E-state index is 0.107. The molecule has 0 saturated heterocycles. The van der Waals surface area contributed by atoms with E-state index in [4.69, 9.17) is 0 Å². The molecule has 5 heteroatoms. The standard InChI is InChI=1S/C18H17NO4/c20-15-9-6-14(7-10-15)12-16(18(22)23)19-17(21)11-8-13-4-2-1-3-5-13/h1-11,16,20H,12H2,(H,19,21)(H,22,23)/b11-8+.